The van der Waals surface area contributed by atoms with E-state index in [1.165, 1.54) is 0 Å². The van der Waals surface area contributed by atoms with Gasteiger partial charge in [-0.1, -0.05) is 25.4 Å². The first-order chi connectivity index (χ1) is 8.65. The maximum atomic E-state index is 5.84. The lowest BCUT2D eigenvalue weighted by Gasteiger charge is -2.07. The molecule has 18 heavy (non-hydrogen) atoms. The van der Waals surface area contributed by atoms with E-state index in [0.717, 1.165) is 24.4 Å². The van der Waals surface area contributed by atoms with Crippen LogP contribution in [-0.2, 0) is 13.1 Å². The molecule has 4 nitrogen and oxygen atoms in total. The summed E-state index contributed by atoms with van der Waals surface area (Å²) in [5, 5.41) is 8.18. The lowest BCUT2D eigenvalue weighted by molar-refractivity contribution is 0.458. The maximum absolute atomic E-state index is 5.84. The van der Waals surface area contributed by atoms with Crippen molar-refractivity contribution in [2.75, 3.05) is 6.54 Å². The van der Waals surface area contributed by atoms with Crippen LogP contribution in [0.2, 0.25) is 5.02 Å². The van der Waals surface area contributed by atoms with E-state index >= 15 is 0 Å². The molecule has 0 amide bonds. The summed E-state index contributed by atoms with van der Waals surface area (Å²) in [6.07, 6.45) is 5.16. The predicted octanol–water partition coefficient (Wildman–Crippen LogP) is 2.92. The summed E-state index contributed by atoms with van der Waals surface area (Å²) >= 11 is 5.84. The summed E-state index contributed by atoms with van der Waals surface area (Å²) in [7, 11) is 0. The second-order valence-corrected chi connectivity index (χ2v) is 5.19. The standard InChI is InChI=1S/C13H18ClN3O/c1-10(2)5-15-7-13-11(3-4-18-13)8-17-9-12(14)6-16-17/h3-4,6,9-10,15H,5,7-8H2,1-2H3. The van der Waals surface area contributed by atoms with Crippen LogP contribution in [0, 0.1) is 5.92 Å². The Morgan fingerprint density at radius 3 is 3.00 bits per heavy atom. The van der Waals surface area contributed by atoms with Crippen LogP contribution < -0.4 is 5.32 Å². The monoisotopic (exact) mass is 267 g/mol. The Morgan fingerprint density at radius 2 is 2.33 bits per heavy atom. The molecule has 0 aliphatic carbocycles. The molecule has 98 valence electrons. The van der Waals surface area contributed by atoms with E-state index in [1.807, 2.05) is 6.07 Å². The first kappa shape index (κ1) is 13.2. The van der Waals surface area contributed by atoms with Gasteiger partial charge in [0, 0.05) is 11.8 Å². The molecule has 2 heterocycles. The Kier molecular flexibility index (Phi) is 4.44. The highest BCUT2D eigenvalue weighted by molar-refractivity contribution is 6.30. The molecule has 2 aromatic heterocycles. The zero-order chi connectivity index (χ0) is 13.0. The van der Waals surface area contributed by atoms with Crippen molar-refractivity contribution < 1.29 is 4.42 Å². The minimum atomic E-state index is 0.633. The molecule has 0 radical (unpaired) electrons. The second kappa shape index (κ2) is 6.07. The molecule has 0 unspecified atom stereocenters. The third-order valence-electron chi connectivity index (χ3n) is 2.61. The minimum Gasteiger partial charge on any atom is -0.468 e. The highest BCUT2D eigenvalue weighted by Gasteiger charge is 2.07. The number of nitrogens with zero attached hydrogens (tertiary/aromatic N) is 2. The molecule has 0 aliphatic rings. The molecule has 0 aromatic carbocycles. The fraction of sp³-hybridized carbons (Fsp3) is 0.462. The molecule has 2 aromatic rings. The molecule has 0 aliphatic heterocycles. The summed E-state index contributed by atoms with van der Waals surface area (Å²) in [6.45, 7) is 6.77. The molecular weight excluding hydrogens is 250 g/mol. The van der Waals surface area contributed by atoms with Crippen molar-refractivity contribution in [2.45, 2.75) is 26.9 Å². The van der Waals surface area contributed by atoms with Gasteiger partial charge in [0.05, 0.1) is 30.6 Å². The van der Waals surface area contributed by atoms with Crippen LogP contribution in [0.1, 0.15) is 25.2 Å². The van der Waals surface area contributed by atoms with Crippen LogP contribution >= 0.6 is 11.6 Å². The Hall–Kier alpha value is -1.26. The van der Waals surface area contributed by atoms with Gasteiger partial charge in [-0.2, -0.15) is 5.10 Å². The third-order valence-corrected chi connectivity index (χ3v) is 2.81. The normalized spacial score (nSPS) is 11.3. The van der Waals surface area contributed by atoms with Gasteiger partial charge in [-0.15, -0.1) is 0 Å². The van der Waals surface area contributed by atoms with E-state index in [9.17, 15) is 0 Å². The molecule has 2 rings (SSSR count). The number of aromatic nitrogens is 2. The van der Waals surface area contributed by atoms with E-state index in [-0.39, 0.29) is 0 Å². The Bertz CT molecular complexity index is 490. The average Bonchev–Trinajstić information content (AvgIpc) is 2.89. The van der Waals surface area contributed by atoms with E-state index in [1.54, 1.807) is 23.3 Å². The summed E-state index contributed by atoms with van der Waals surface area (Å²) in [4.78, 5) is 0. The van der Waals surface area contributed by atoms with Gasteiger partial charge in [0.2, 0.25) is 0 Å². The van der Waals surface area contributed by atoms with Gasteiger partial charge in [-0.05, 0) is 18.5 Å². The van der Waals surface area contributed by atoms with Gasteiger partial charge >= 0.3 is 0 Å². The largest absolute Gasteiger partial charge is 0.468 e. The van der Waals surface area contributed by atoms with Crippen molar-refractivity contribution >= 4 is 11.6 Å². The highest BCUT2D eigenvalue weighted by atomic mass is 35.5. The van der Waals surface area contributed by atoms with Crippen molar-refractivity contribution in [3.8, 4) is 0 Å². The smallest absolute Gasteiger partial charge is 0.122 e. The summed E-state index contributed by atoms with van der Waals surface area (Å²) in [6, 6.07) is 1.97. The highest BCUT2D eigenvalue weighted by Crippen LogP contribution is 2.13. The van der Waals surface area contributed by atoms with E-state index in [2.05, 4.69) is 24.3 Å². The molecule has 0 fully saturated rings. The van der Waals surface area contributed by atoms with Crippen LogP contribution in [0.15, 0.2) is 29.1 Å². The Balaban J connectivity index is 1.95. The minimum absolute atomic E-state index is 0.633. The zero-order valence-corrected chi connectivity index (χ0v) is 11.4. The van der Waals surface area contributed by atoms with Crippen molar-refractivity contribution in [1.82, 2.24) is 15.1 Å². The van der Waals surface area contributed by atoms with Crippen molar-refractivity contribution in [3.63, 3.8) is 0 Å². The number of hydrogen-bond donors (Lipinski definition) is 1. The van der Waals surface area contributed by atoms with Crippen LogP contribution in [0.3, 0.4) is 0 Å². The number of furan rings is 1. The SMILES string of the molecule is CC(C)CNCc1occc1Cn1cc(Cl)cn1. The first-order valence-corrected chi connectivity index (χ1v) is 6.47. The van der Waals surface area contributed by atoms with E-state index < -0.39 is 0 Å². The maximum Gasteiger partial charge on any atom is 0.122 e. The fourth-order valence-electron chi connectivity index (χ4n) is 1.74. The molecule has 0 spiro atoms. The van der Waals surface area contributed by atoms with Crippen LogP contribution in [0.5, 0.6) is 0 Å². The number of halogens is 1. The van der Waals surface area contributed by atoms with Gasteiger partial charge in [0.15, 0.2) is 0 Å². The van der Waals surface area contributed by atoms with Gasteiger partial charge in [0.1, 0.15) is 5.76 Å². The lowest BCUT2D eigenvalue weighted by Crippen LogP contribution is -2.19. The molecular formula is C13H18ClN3O. The molecule has 0 atom stereocenters. The quantitative estimate of drug-likeness (QED) is 0.875. The van der Waals surface area contributed by atoms with E-state index in [0.29, 0.717) is 17.5 Å². The predicted molar refractivity (Wildman–Crippen MR) is 71.6 cm³/mol. The Morgan fingerprint density at radius 1 is 1.50 bits per heavy atom. The topological polar surface area (TPSA) is 43.0 Å². The van der Waals surface area contributed by atoms with Crippen LogP contribution in [0.25, 0.3) is 0 Å². The zero-order valence-electron chi connectivity index (χ0n) is 10.7. The van der Waals surface area contributed by atoms with Gasteiger partial charge in [0.25, 0.3) is 0 Å². The average molecular weight is 268 g/mol. The first-order valence-electron chi connectivity index (χ1n) is 6.09. The second-order valence-electron chi connectivity index (χ2n) is 4.75. The molecule has 5 heteroatoms. The third kappa shape index (κ3) is 3.62. The van der Waals surface area contributed by atoms with Gasteiger partial charge in [-0.25, -0.2) is 0 Å². The van der Waals surface area contributed by atoms with E-state index in [4.69, 9.17) is 16.0 Å². The number of rotatable bonds is 6. The molecule has 0 saturated heterocycles. The van der Waals surface area contributed by atoms with Crippen LogP contribution in [0.4, 0.5) is 0 Å². The summed E-state index contributed by atoms with van der Waals surface area (Å²) in [5.74, 6) is 1.59. The van der Waals surface area contributed by atoms with Crippen molar-refractivity contribution in [1.29, 1.82) is 0 Å². The molecule has 0 saturated carbocycles. The summed E-state index contributed by atoms with van der Waals surface area (Å²) < 4.78 is 7.29. The van der Waals surface area contributed by atoms with Crippen molar-refractivity contribution in [2.24, 2.45) is 5.92 Å². The van der Waals surface area contributed by atoms with Crippen LogP contribution in [-0.4, -0.2) is 16.3 Å². The summed E-state index contributed by atoms with van der Waals surface area (Å²) in [5.41, 5.74) is 1.13. The van der Waals surface area contributed by atoms with Crippen molar-refractivity contribution in [3.05, 3.63) is 41.1 Å². The Labute approximate surface area is 112 Å². The van der Waals surface area contributed by atoms with Gasteiger partial charge < -0.3 is 9.73 Å². The number of hydrogen-bond acceptors (Lipinski definition) is 3. The van der Waals surface area contributed by atoms with Gasteiger partial charge in [-0.3, -0.25) is 4.68 Å². The number of nitrogens with one attached hydrogen (secondary N) is 1. The fourth-order valence-corrected chi connectivity index (χ4v) is 1.89. The molecule has 0 bridgehead atoms. The molecule has 1 N–H and O–H groups in total. The lowest BCUT2D eigenvalue weighted by atomic mass is 10.2.